The summed E-state index contributed by atoms with van der Waals surface area (Å²) in [6.07, 6.45) is 3.13. The Hall–Kier alpha value is -0.840. The fourth-order valence-corrected chi connectivity index (χ4v) is 1.17. The van der Waals surface area contributed by atoms with Crippen LogP contribution in [0.4, 0.5) is 0 Å². The molecule has 0 spiro atoms. The quantitative estimate of drug-likeness (QED) is 0.475. The number of halogens is 1. The van der Waals surface area contributed by atoms with Crippen LogP contribution in [0.15, 0.2) is 30.3 Å². The highest BCUT2D eigenvalue weighted by Crippen LogP contribution is 2.07. The van der Waals surface area contributed by atoms with Crippen molar-refractivity contribution in [1.82, 2.24) is 0 Å². The van der Waals surface area contributed by atoms with E-state index in [0.717, 1.165) is 5.56 Å². The van der Waals surface area contributed by atoms with E-state index in [0.29, 0.717) is 0 Å². The monoisotopic (exact) mass is 288 g/mol. The van der Waals surface area contributed by atoms with E-state index in [1.54, 1.807) is 6.08 Å². The number of esters is 1. The summed E-state index contributed by atoms with van der Waals surface area (Å²) in [5.41, 5.74) is 0.991. The summed E-state index contributed by atoms with van der Waals surface area (Å²) in [4.78, 5) is 10.7. The molecule has 0 amide bonds. The summed E-state index contributed by atoms with van der Waals surface area (Å²) in [5, 5.41) is 0. The Morgan fingerprint density at radius 1 is 1.38 bits per heavy atom. The number of carbonyl (C=O) groups is 1. The van der Waals surface area contributed by atoms with Gasteiger partial charge in [-0.3, -0.25) is 0 Å². The van der Waals surface area contributed by atoms with Crippen LogP contribution >= 0.6 is 22.6 Å². The van der Waals surface area contributed by atoms with Crippen molar-refractivity contribution in [2.75, 3.05) is 7.11 Å². The molecule has 13 heavy (non-hydrogen) atoms. The zero-order valence-electron chi connectivity index (χ0n) is 7.16. The molecular formula is C10H9IO2. The third-order valence-corrected chi connectivity index (χ3v) is 2.20. The predicted octanol–water partition coefficient (Wildman–Crippen LogP) is 2.48. The van der Waals surface area contributed by atoms with Crippen LogP contribution in [0.25, 0.3) is 6.08 Å². The lowest BCUT2D eigenvalue weighted by molar-refractivity contribution is -0.134. The first kappa shape index (κ1) is 10.2. The lowest BCUT2D eigenvalue weighted by Gasteiger charge is -1.93. The van der Waals surface area contributed by atoms with E-state index in [-0.39, 0.29) is 5.97 Å². The van der Waals surface area contributed by atoms with E-state index in [4.69, 9.17) is 0 Å². The smallest absolute Gasteiger partial charge is 0.330 e. The molecule has 2 nitrogen and oxygen atoms in total. The third kappa shape index (κ3) is 3.59. The predicted molar refractivity (Wildman–Crippen MR) is 60.2 cm³/mol. The van der Waals surface area contributed by atoms with Crippen molar-refractivity contribution >= 4 is 34.6 Å². The minimum absolute atomic E-state index is 0.335. The molecule has 0 fully saturated rings. The first-order chi connectivity index (χ1) is 6.22. The molecule has 3 heteroatoms. The first-order valence-corrected chi connectivity index (χ1v) is 4.82. The van der Waals surface area contributed by atoms with E-state index >= 15 is 0 Å². The van der Waals surface area contributed by atoms with E-state index in [9.17, 15) is 4.79 Å². The van der Waals surface area contributed by atoms with Gasteiger partial charge < -0.3 is 4.74 Å². The number of rotatable bonds is 2. The van der Waals surface area contributed by atoms with E-state index < -0.39 is 0 Å². The molecular weight excluding hydrogens is 279 g/mol. The van der Waals surface area contributed by atoms with E-state index in [1.807, 2.05) is 24.3 Å². The van der Waals surface area contributed by atoms with Crippen LogP contribution in [0.1, 0.15) is 5.56 Å². The molecule has 0 aliphatic heterocycles. The Bertz CT molecular complexity index is 314. The van der Waals surface area contributed by atoms with Crippen LogP contribution in [0.5, 0.6) is 0 Å². The van der Waals surface area contributed by atoms with Gasteiger partial charge in [0, 0.05) is 9.65 Å². The Morgan fingerprint density at radius 3 is 2.54 bits per heavy atom. The highest BCUT2D eigenvalue weighted by atomic mass is 127. The zero-order valence-corrected chi connectivity index (χ0v) is 9.32. The van der Waals surface area contributed by atoms with Gasteiger partial charge in [-0.25, -0.2) is 4.79 Å². The van der Waals surface area contributed by atoms with Crippen LogP contribution in [0.2, 0.25) is 0 Å². The van der Waals surface area contributed by atoms with Crippen LogP contribution < -0.4 is 0 Å². The lowest BCUT2D eigenvalue weighted by atomic mass is 10.2. The summed E-state index contributed by atoms with van der Waals surface area (Å²) in [5.74, 6) is -0.335. The number of hydrogen-bond acceptors (Lipinski definition) is 2. The highest BCUT2D eigenvalue weighted by molar-refractivity contribution is 14.1. The zero-order chi connectivity index (χ0) is 9.68. The van der Waals surface area contributed by atoms with Crippen LogP contribution in [0, 0.1) is 3.57 Å². The minimum Gasteiger partial charge on any atom is -0.466 e. The molecule has 0 atom stereocenters. The first-order valence-electron chi connectivity index (χ1n) is 3.74. The molecule has 1 rings (SSSR count). The van der Waals surface area contributed by atoms with Gasteiger partial charge in [0.15, 0.2) is 0 Å². The second-order valence-electron chi connectivity index (χ2n) is 2.41. The van der Waals surface area contributed by atoms with Gasteiger partial charge in [-0.05, 0) is 46.4 Å². The summed E-state index contributed by atoms with van der Waals surface area (Å²) in [7, 11) is 1.36. The Morgan fingerprint density at radius 2 is 2.00 bits per heavy atom. The van der Waals surface area contributed by atoms with Crippen molar-refractivity contribution < 1.29 is 9.53 Å². The second kappa shape index (κ2) is 5.01. The maximum atomic E-state index is 10.7. The average molecular weight is 288 g/mol. The SMILES string of the molecule is COC(=O)/C=C\c1ccc(I)cc1. The standard InChI is InChI=1S/C10H9IO2/c1-13-10(12)7-4-8-2-5-9(11)6-3-8/h2-7H,1H3/b7-4-. The van der Waals surface area contributed by atoms with E-state index in [2.05, 4.69) is 27.3 Å². The van der Waals surface area contributed by atoms with Gasteiger partial charge in [-0.15, -0.1) is 0 Å². The van der Waals surface area contributed by atoms with Crippen LogP contribution in [-0.2, 0) is 9.53 Å². The Balaban J connectivity index is 2.69. The molecule has 0 radical (unpaired) electrons. The third-order valence-electron chi connectivity index (χ3n) is 1.48. The largest absolute Gasteiger partial charge is 0.466 e. The molecule has 0 aromatic heterocycles. The fourth-order valence-electron chi connectivity index (χ4n) is 0.806. The molecule has 0 aliphatic carbocycles. The lowest BCUT2D eigenvalue weighted by Crippen LogP contribution is -1.93. The van der Waals surface area contributed by atoms with Crippen molar-refractivity contribution in [3.05, 3.63) is 39.5 Å². The van der Waals surface area contributed by atoms with Crippen LogP contribution in [0.3, 0.4) is 0 Å². The molecule has 0 N–H and O–H groups in total. The van der Waals surface area contributed by atoms with Gasteiger partial charge >= 0.3 is 5.97 Å². The number of carbonyl (C=O) groups excluding carboxylic acids is 1. The fraction of sp³-hybridized carbons (Fsp3) is 0.100. The summed E-state index contributed by atoms with van der Waals surface area (Å²) < 4.78 is 5.64. The molecule has 68 valence electrons. The van der Waals surface area contributed by atoms with Gasteiger partial charge in [0.05, 0.1) is 7.11 Å². The van der Waals surface area contributed by atoms with Gasteiger partial charge in [-0.1, -0.05) is 12.1 Å². The Labute approximate surface area is 90.7 Å². The van der Waals surface area contributed by atoms with Crippen molar-refractivity contribution in [3.8, 4) is 0 Å². The summed E-state index contributed by atoms with van der Waals surface area (Å²) in [6, 6.07) is 7.86. The molecule has 0 saturated heterocycles. The van der Waals surface area contributed by atoms with Gasteiger partial charge in [-0.2, -0.15) is 0 Å². The Kier molecular flexibility index (Phi) is 3.95. The summed E-state index contributed by atoms with van der Waals surface area (Å²) >= 11 is 2.23. The molecule has 0 unspecified atom stereocenters. The van der Waals surface area contributed by atoms with Crippen LogP contribution in [-0.4, -0.2) is 13.1 Å². The maximum absolute atomic E-state index is 10.7. The topological polar surface area (TPSA) is 26.3 Å². The molecule has 1 aromatic rings. The molecule has 0 aliphatic rings. The number of benzene rings is 1. The number of methoxy groups -OCH3 is 1. The molecule has 0 saturated carbocycles. The molecule has 0 bridgehead atoms. The average Bonchev–Trinajstić information content (AvgIpc) is 2.16. The van der Waals surface area contributed by atoms with Gasteiger partial charge in [0.1, 0.15) is 0 Å². The maximum Gasteiger partial charge on any atom is 0.330 e. The minimum atomic E-state index is -0.335. The molecule has 1 aromatic carbocycles. The normalized spacial score (nSPS) is 10.3. The molecule has 0 heterocycles. The number of ether oxygens (including phenoxy) is 1. The summed E-state index contributed by atoms with van der Waals surface area (Å²) in [6.45, 7) is 0. The van der Waals surface area contributed by atoms with Gasteiger partial charge in [0.25, 0.3) is 0 Å². The van der Waals surface area contributed by atoms with Crippen molar-refractivity contribution in [3.63, 3.8) is 0 Å². The van der Waals surface area contributed by atoms with Gasteiger partial charge in [0.2, 0.25) is 0 Å². The number of hydrogen-bond donors (Lipinski definition) is 0. The van der Waals surface area contributed by atoms with E-state index in [1.165, 1.54) is 16.8 Å². The highest BCUT2D eigenvalue weighted by Gasteiger charge is 1.91. The van der Waals surface area contributed by atoms with Crippen molar-refractivity contribution in [1.29, 1.82) is 0 Å². The second-order valence-corrected chi connectivity index (χ2v) is 3.65. The van der Waals surface area contributed by atoms with Crippen molar-refractivity contribution in [2.24, 2.45) is 0 Å². The van der Waals surface area contributed by atoms with Crippen molar-refractivity contribution in [2.45, 2.75) is 0 Å².